The molecule has 0 aliphatic carbocycles. The molecule has 164 valence electrons. The van der Waals surface area contributed by atoms with Crippen molar-refractivity contribution >= 4 is 38.3 Å². The third-order valence-corrected chi connectivity index (χ3v) is 6.76. The minimum absolute atomic E-state index is 0.132. The van der Waals surface area contributed by atoms with E-state index in [2.05, 4.69) is 15.3 Å². The van der Waals surface area contributed by atoms with E-state index in [4.69, 9.17) is 4.74 Å². The predicted octanol–water partition coefficient (Wildman–Crippen LogP) is 4.05. The van der Waals surface area contributed by atoms with E-state index < -0.39 is 22.7 Å². The molecule has 4 aromatic rings. The van der Waals surface area contributed by atoms with Gasteiger partial charge in [0, 0.05) is 36.0 Å². The summed E-state index contributed by atoms with van der Waals surface area (Å²) in [6.45, 7) is 1.44. The van der Waals surface area contributed by atoms with E-state index in [0.717, 1.165) is 26.5 Å². The van der Waals surface area contributed by atoms with E-state index in [1.165, 1.54) is 19.2 Å². The molecule has 0 aliphatic rings. The Bertz CT molecular complexity index is 1350. The summed E-state index contributed by atoms with van der Waals surface area (Å²) in [5.41, 5.74) is 3.19. The topological polar surface area (TPSA) is 104 Å². The lowest BCUT2D eigenvalue weighted by atomic mass is 10.2. The van der Waals surface area contributed by atoms with Crippen molar-refractivity contribution in [3.63, 3.8) is 0 Å². The van der Waals surface area contributed by atoms with Crippen LogP contribution in [0.3, 0.4) is 0 Å². The molecule has 4 rings (SSSR count). The number of esters is 1. The number of nitrogens with zero attached hydrogens (tertiary/aromatic N) is 2. The van der Waals surface area contributed by atoms with Gasteiger partial charge in [0.05, 0.1) is 10.6 Å². The van der Waals surface area contributed by atoms with Gasteiger partial charge < -0.3 is 15.0 Å². The first kappa shape index (κ1) is 21.5. The Morgan fingerprint density at radius 2 is 1.75 bits per heavy atom. The molecule has 2 heterocycles. The number of rotatable bonds is 7. The summed E-state index contributed by atoms with van der Waals surface area (Å²) in [4.78, 5) is 20.1. The van der Waals surface area contributed by atoms with Crippen LogP contribution in [0.1, 0.15) is 16.1 Å². The quantitative estimate of drug-likeness (QED) is 0.325. The van der Waals surface area contributed by atoms with E-state index in [9.17, 15) is 13.2 Å². The van der Waals surface area contributed by atoms with Crippen molar-refractivity contribution in [3.05, 3.63) is 84.3 Å². The van der Waals surface area contributed by atoms with E-state index >= 15 is 0 Å². The van der Waals surface area contributed by atoms with Crippen molar-refractivity contribution in [3.8, 4) is 0 Å². The van der Waals surface area contributed by atoms with E-state index in [-0.39, 0.29) is 10.6 Å². The number of carbonyl (C=O) groups excluding carboxylic acids is 1. The molecule has 0 radical (unpaired) electrons. The highest BCUT2D eigenvalue weighted by Crippen LogP contribution is 2.31. The van der Waals surface area contributed by atoms with Crippen LogP contribution in [0.15, 0.2) is 78.0 Å². The van der Waals surface area contributed by atoms with Gasteiger partial charge in [0.2, 0.25) is 10.0 Å². The molecule has 9 heteroatoms. The molecule has 0 spiro atoms. The van der Waals surface area contributed by atoms with Gasteiger partial charge in [-0.1, -0.05) is 35.9 Å². The molecule has 0 aliphatic heterocycles. The number of benzene rings is 2. The van der Waals surface area contributed by atoms with Crippen molar-refractivity contribution in [2.45, 2.75) is 11.8 Å². The number of aromatic amines is 1. The Labute approximate surface area is 185 Å². The van der Waals surface area contributed by atoms with Crippen LogP contribution in [0, 0.1) is 6.92 Å². The standard InChI is InChI=1S/C23H22N4O4S/c1-16-7-9-18(10-8-16)32(29,30)27(2)15-31-23(28)22-21(25-17-11-13-24-14-12-17)19-5-3-4-6-20(19)26-22/h3-14,26H,15H2,1-2H3,(H,24,25). The van der Waals surface area contributed by atoms with Crippen LogP contribution in [0.5, 0.6) is 0 Å². The largest absolute Gasteiger partial charge is 0.444 e. The van der Waals surface area contributed by atoms with Crippen LogP contribution >= 0.6 is 0 Å². The summed E-state index contributed by atoms with van der Waals surface area (Å²) in [6, 6.07) is 17.5. The average molecular weight is 451 g/mol. The monoisotopic (exact) mass is 450 g/mol. The molecule has 2 aromatic carbocycles. The molecule has 0 bridgehead atoms. The average Bonchev–Trinajstić information content (AvgIpc) is 3.16. The van der Waals surface area contributed by atoms with Gasteiger partial charge in [0.1, 0.15) is 5.69 Å². The lowest BCUT2D eigenvalue weighted by Crippen LogP contribution is -2.30. The second-order valence-corrected chi connectivity index (χ2v) is 9.30. The number of aromatic nitrogens is 2. The Morgan fingerprint density at radius 3 is 2.47 bits per heavy atom. The number of para-hydroxylation sites is 1. The zero-order chi connectivity index (χ0) is 22.7. The van der Waals surface area contributed by atoms with Crippen LogP contribution in [0.4, 0.5) is 11.4 Å². The van der Waals surface area contributed by atoms with Gasteiger partial charge in [-0.05, 0) is 37.3 Å². The second kappa shape index (κ2) is 8.81. The second-order valence-electron chi connectivity index (χ2n) is 7.26. The molecule has 0 saturated heterocycles. The molecule has 8 nitrogen and oxygen atoms in total. The number of hydrogen-bond donors (Lipinski definition) is 2. The molecule has 0 amide bonds. The SMILES string of the molecule is Cc1ccc(S(=O)(=O)N(C)COC(=O)c2[nH]c3ccccc3c2Nc2ccncc2)cc1. The molecular formula is C23H22N4O4S. The van der Waals surface area contributed by atoms with Gasteiger partial charge in [-0.2, -0.15) is 4.31 Å². The third-order valence-electron chi connectivity index (χ3n) is 4.97. The highest BCUT2D eigenvalue weighted by Gasteiger charge is 2.24. The fraction of sp³-hybridized carbons (Fsp3) is 0.130. The molecular weight excluding hydrogens is 428 g/mol. The molecule has 2 N–H and O–H groups in total. The predicted molar refractivity (Wildman–Crippen MR) is 122 cm³/mol. The van der Waals surface area contributed by atoms with Crippen LogP contribution in [-0.4, -0.2) is 42.4 Å². The maximum absolute atomic E-state index is 12.9. The molecule has 0 fully saturated rings. The first-order valence-electron chi connectivity index (χ1n) is 9.84. The number of hydrogen-bond acceptors (Lipinski definition) is 6. The number of pyridine rings is 1. The molecule has 32 heavy (non-hydrogen) atoms. The summed E-state index contributed by atoms with van der Waals surface area (Å²) >= 11 is 0. The number of aryl methyl sites for hydroxylation is 1. The van der Waals surface area contributed by atoms with Gasteiger partial charge >= 0.3 is 5.97 Å². The molecule has 0 saturated carbocycles. The summed E-state index contributed by atoms with van der Waals surface area (Å²) < 4.78 is 31.8. The van der Waals surface area contributed by atoms with Crippen molar-refractivity contribution in [2.24, 2.45) is 0 Å². The van der Waals surface area contributed by atoms with Gasteiger partial charge in [-0.15, -0.1) is 0 Å². The summed E-state index contributed by atoms with van der Waals surface area (Å²) in [6.07, 6.45) is 3.28. The Balaban J connectivity index is 1.56. The third kappa shape index (κ3) is 4.34. The minimum atomic E-state index is -3.79. The normalized spacial score (nSPS) is 11.6. The number of anilines is 2. The number of nitrogens with one attached hydrogen (secondary N) is 2. The van der Waals surface area contributed by atoms with Crippen molar-refractivity contribution in [2.75, 3.05) is 19.1 Å². The lowest BCUT2D eigenvalue weighted by Gasteiger charge is -2.17. The van der Waals surface area contributed by atoms with Crippen LogP contribution < -0.4 is 5.32 Å². The first-order valence-corrected chi connectivity index (χ1v) is 11.3. The first-order chi connectivity index (χ1) is 15.4. The number of carbonyl (C=O) groups is 1. The lowest BCUT2D eigenvalue weighted by molar-refractivity contribution is 0.0389. The van der Waals surface area contributed by atoms with Crippen LogP contribution in [0.25, 0.3) is 10.9 Å². The van der Waals surface area contributed by atoms with E-state index in [1.807, 2.05) is 31.2 Å². The van der Waals surface area contributed by atoms with Gasteiger partial charge in [0.25, 0.3) is 0 Å². The Hall–Kier alpha value is -3.69. The van der Waals surface area contributed by atoms with Gasteiger partial charge in [-0.25, -0.2) is 13.2 Å². The molecule has 2 aromatic heterocycles. The van der Waals surface area contributed by atoms with Gasteiger partial charge in [0.15, 0.2) is 6.73 Å². The number of H-pyrrole nitrogens is 1. The number of fused-ring (bicyclic) bond motifs is 1. The van der Waals surface area contributed by atoms with Crippen LogP contribution in [0.2, 0.25) is 0 Å². The molecule has 0 atom stereocenters. The fourth-order valence-corrected chi connectivity index (χ4v) is 4.22. The highest BCUT2D eigenvalue weighted by molar-refractivity contribution is 7.89. The molecule has 0 unspecified atom stereocenters. The number of ether oxygens (including phenoxy) is 1. The van der Waals surface area contributed by atoms with Crippen molar-refractivity contribution in [1.29, 1.82) is 0 Å². The Morgan fingerprint density at radius 1 is 1.06 bits per heavy atom. The van der Waals surface area contributed by atoms with Crippen LogP contribution in [-0.2, 0) is 14.8 Å². The van der Waals surface area contributed by atoms with Gasteiger partial charge in [-0.3, -0.25) is 4.98 Å². The highest BCUT2D eigenvalue weighted by atomic mass is 32.2. The number of sulfonamides is 1. The van der Waals surface area contributed by atoms with Crippen molar-refractivity contribution < 1.29 is 17.9 Å². The minimum Gasteiger partial charge on any atom is -0.444 e. The smallest absolute Gasteiger partial charge is 0.358 e. The maximum Gasteiger partial charge on any atom is 0.358 e. The van der Waals surface area contributed by atoms with Crippen molar-refractivity contribution in [1.82, 2.24) is 14.3 Å². The van der Waals surface area contributed by atoms with E-state index in [0.29, 0.717) is 5.69 Å². The summed E-state index contributed by atoms with van der Waals surface area (Å²) in [7, 11) is -2.43. The summed E-state index contributed by atoms with van der Waals surface area (Å²) in [5, 5.41) is 4.02. The Kier molecular flexibility index (Phi) is 5.93. The zero-order valence-electron chi connectivity index (χ0n) is 17.6. The summed E-state index contributed by atoms with van der Waals surface area (Å²) in [5.74, 6) is -0.677. The fourth-order valence-electron chi connectivity index (χ4n) is 3.19. The van der Waals surface area contributed by atoms with E-state index in [1.54, 1.807) is 36.7 Å². The maximum atomic E-state index is 12.9. The zero-order valence-corrected chi connectivity index (χ0v) is 18.4.